The molecule has 40 heavy (non-hydrogen) atoms. The van der Waals surface area contributed by atoms with E-state index in [1.807, 2.05) is 0 Å². The lowest BCUT2D eigenvalue weighted by atomic mass is 9.84. The lowest BCUT2D eigenvalue weighted by molar-refractivity contribution is 0.590. The maximum Gasteiger partial charge on any atom is 0.209 e. The number of rotatable bonds is 4. The summed E-state index contributed by atoms with van der Waals surface area (Å²) in [6, 6.07) is 23.1. The molecule has 0 heterocycles. The fourth-order valence-corrected chi connectivity index (χ4v) is 15.0. The van der Waals surface area contributed by atoms with Crippen LogP contribution in [0.3, 0.4) is 0 Å². The molecule has 2 atom stereocenters. The Labute approximate surface area is 247 Å². The average Bonchev–Trinajstić information content (AvgIpc) is 3.58. The smallest absolute Gasteiger partial charge is 0.159 e. The van der Waals surface area contributed by atoms with Crippen LogP contribution in [0, 0.1) is 0 Å². The lowest BCUT2D eigenvalue weighted by Crippen LogP contribution is -2.53. The summed E-state index contributed by atoms with van der Waals surface area (Å²) < 4.78 is 0. The van der Waals surface area contributed by atoms with Gasteiger partial charge in [-0.25, -0.2) is 0 Å². The first-order valence-electron chi connectivity index (χ1n) is 15.0. The van der Waals surface area contributed by atoms with E-state index in [1.54, 1.807) is 11.1 Å². The summed E-state index contributed by atoms with van der Waals surface area (Å²) in [5.74, 6) is 0. The maximum atomic E-state index is 8.37. The van der Waals surface area contributed by atoms with E-state index in [4.69, 9.17) is 11.1 Å². The van der Waals surface area contributed by atoms with Crippen LogP contribution >= 0.6 is 11.1 Å². The van der Waals surface area contributed by atoms with Crippen molar-refractivity contribution in [1.82, 2.24) is 0 Å². The lowest BCUT2D eigenvalue weighted by Gasteiger charge is -2.40. The first kappa shape index (κ1) is 27.6. The molecule has 0 nitrogen and oxygen atoms in total. The topological polar surface area (TPSA) is 0 Å². The van der Waals surface area contributed by atoms with Crippen molar-refractivity contribution in [2.24, 2.45) is 0 Å². The van der Waals surface area contributed by atoms with Crippen LogP contribution in [0.2, 0.25) is 5.54 Å². The van der Waals surface area contributed by atoms with Gasteiger partial charge in [-0.15, -0.1) is 0 Å². The molecular weight excluding hydrogens is 520 g/mol. The van der Waals surface area contributed by atoms with Gasteiger partial charge >= 0.3 is 0 Å². The quantitative estimate of drug-likeness (QED) is 0.219. The Morgan fingerprint density at radius 1 is 0.775 bits per heavy atom. The third kappa shape index (κ3) is 4.07. The minimum Gasteiger partial charge on any atom is -0.159 e. The number of hydrogen-bond acceptors (Lipinski definition) is 0. The molecule has 0 saturated heterocycles. The SMILES string of the molecule is CC1=Cc2c(cc3c(c2-c2ccc(C(C)(C)C)cc2)CCC3)C1[Si](Cl)(c1ccccc1)C1C(C)=C(C)C(C)=C1C. The Bertz CT molecular complexity index is 1570. The monoisotopic (exact) mass is 562 g/mol. The highest BCUT2D eigenvalue weighted by Gasteiger charge is 2.54. The minimum absolute atomic E-state index is 0.147. The van der Waals surface area contributed by atoms with Crippen LogP contribution in [0.1, 0.15) is 95.2 Å². The fraction of sp³-hybridized carbons (Fsp3) is 0.368. The minimum atomic E-state index is -2.69. The van der Waals surface area contributed by atoms with Gasteiger partial charge in [-0.1, -0.05) is 104 Å². The molecule has 0 radical (unpaired) electrons. The Kier molecular flexibility index (Phi) is 6.71. The van der Waals surface area contributed by atoms with Crippen molar-refractivity contribution in [2.75, 3.05) is 0 Å². The molecule has 6 rings (SSSR count). The molecular formula is C38H43ClSi. The van der Waals surface area contributed by atoms with Gasteiger partial charge in [-0.05, 0) is 115 Å². The van der Waals surface area contributed by atoms with Crippen LogP contribution in [-0.2, 0) is 18.3 Å². The number of halogens is 1. The van der Waals surface area contributed by atoms with E-state index in [-0.39, 0.29) is 11.0 Å². The summed E-state index contributed by atoms with van der Waals surface area (Å²) in [6.45, 7) is 18.5. The van der Waals surface area contributed by atoms with Crippen molar-refractivity contribution >= 4 is 29.7 Å². The van der Waals surface area contributed by atoms with Crippen LogP contribution in [0.15, 0.2) is 88.5 Å². The molecule has 0 fully saturated rings. The molecule has 0 spiro atoms. The van der Waals surface area contributed by atoms with Crippen molar-refractivity contribution in [2.45, 2.75) is 91.1 Å². The first-order chi connectivity index (χ1) is 18.9. The van der Waals surface area contributed by atoms with E-state index >= 15 is 0 Å². The van der Waals surface area contributed by atoms with Gasteiger partial charge in [0.15, 0.2) is 0 Å². The second-order valence-corrected chi connectivity index (χ2v) is 18.7. The summed E-state index contributed by atoms with van der Waals surface area (Å²) in [6.07, 6.45) is 6.09. The van der Waals surface area contributed by atoms with Gasteiger partial charge in [0.2, 0.25) is 7.38 Å². The molecule has 3 aliphatic carbocycles. The van der Waals surface area contributed by atoms with Crippen molar-refractivity contribution in [3.8, 4) is 11.1 Å². The molecule has 0 saturated carbocycles. The van der Waals surface area contributed by atoms with Gasteiger partial charge < -0.3 is 0 Å². The van der Waals surface area contributed by atoms with Gasteiger partial charge in [0.1, 0.15) is 0 Å². The molecule has 3 aliphatic rings. The Morgan fingerprint density at radius 3 is 2.00 bits per heavy atom. The number of benzene rings is 3. The standard InChI is InChI=1S/C38H43ClSi/c1-23-21-33-34(22-29-13-12-16-32(29)35(33)28-17-19-30(20-18-28)38(6,7)8)36(23)40(39,31-14-10-9-11-15-31)37-26(4)24(2)25(3)27(37)5/h9-11,14-15,17-22,36-37H,12-13,16H2,1-8H3. The molecule has 3 aromatic rings. The summed E-state index contributed by atoms with van der Waals surface area (Å²) in [5, 5.41) is 1.35. The van der Waals surface area contributed by atoms with Crippen molar-refractivity contribution in [3.05, 3.63) is 116 Å². The van der Waals surface area contributed by atoms with E-state index in [9.17, 15) is 0 Å². The molecule has 3 aromatic carbocycles. The first-order valence-corrected chi connectivity index (χ1v) is 18.2. The predicted molar refractivity (Wildman–Crippen MR) is 177 cm³/mol. The highest BCUT2D eigenvalue weighted by atomic mass is 35.6. The zero-order valence-electron chi connectivity index (χ0n) is 25.5. The molecule has 0 aromatic heterocycles. The van der Waals surface area contributed by atoms with E-state index in [0.29, 0.717) is 5.54 Å². The molecule has 0 N–H and O–H groups in total. The highest BCUT2D eigenvalue weighted by molar-refractivity contribution is 7.29. The normalized spacial score (nSPS) is 20.6. The molecule has 0 aliphatic heterocycles. The van der Waals surface area contributed by atoms with Gasteiger partial charge in [0.25, 0.3) is 0 Å². The Balaban J connectivity index is 1.60. The molecule has 0 bridgehead atoms. The van der Waals surface area contributed by atoms with E-state index in [2.05, 4.69) is 122 Å². The zero-order chi connectivity index (χ0) is 28.6. The van der Waals surface area contributed by atoms with Crippen LogP contribution in [-0.4, -0.2) is 7.38 Å². The van der Waals surface area contributed by atoms with E-state index in [0.717, 1.165) is 0 Å². The maximum absolute atomic E-state index is 8.37. The second kappa shape index (κ2) is 9.74. The van der Waals surface area contributed by atoms with Crippen molar-refractivity contribution in [1.29, 1.82) is 0 Å². The van der Waals surface area contributed by atoms with Crippen LogP contribution < -0.4 is 5.19 Å². The molecule has 0 amide bonds. The summed E-state index contributed by atoms with van der Waals surface area (Å²) in [4.78, 5) is 0. The largest absolute Gasteiger partial charge is 0.209 e. The number of allylic oxidation sites excluding steroid dienone is 5. The van der Waals surface area contributed by atoms with Crippen LogP contribution in [0.4, 0.5) is 0 Å². The number of hydrogen-bond donors (Lipinski definition) is 0. The molecule has 2 heteroatoms. The highest BCUT2D eigenvalue weighted by Crippen LogP contribution is 2.57. The molecule has 206 valence electrons. The Hall–Kier alpha value is -2.61. The fourth-order valence-electron chi connectivity index (χ4n) is 7.93. The van der Waals surface area contributed by atoms with Gasteiger partial charge in [0, 0.05) is 11.1 Å². The summed E-state index contributed by atoms with van der Waals surface area (Å²) in [7, 11) is -2.69. The predicted octanol–water partition coefficient (Wildman–Crippen LogP) is 10.3. The average molecular weight is 563 g/mol. The number of aryl methyl sites for hydroxylation is 1. The van der Waals surface area contributed by atoms with E-state index in [1.165, 1.54) is 80.1 Å². The van der Waals surface area contributed by atoms with Gasteiger partial charge in [0.05, 0.1) is 0 Å². The van der Waals surface area contributed by atoms with Crippen molar-refractivity contribution in [3.63, 3.8) is 0 Å². The third-order valence-corrected chi connectivity index (χ3v) is 16.8. The Morgan fingerprint density at radius 2 is 1.40 bits per heavy atom. The molecule has 2 unspecified atom stereocenters. The summed E-state index contributed by atoms with van der Waals surface area (Å²) in [5.41, 5.74) is 18.1. The van der Waals surface area contributed by atoms with Gasteiger partial charge in [-0.2, -0.15) is 11.1 Å². The number of fused-ring (bicyclic) bond motifs is 2. The summed E-state index contributed by atoms with van der Waals surface area (Å²) >= 11 is 8.37. The second-order valence-electron chi connectivity index (χ2n) is 13.6. The van der Waals surface area contributed by atoms with Crippen LogP contribution in [0.5, 0.6) is 0 Å². The zero-order valence-corrected chi connectivity index (χ0v) is 27.3. The van der Waals surface area contributed by atoms with Gasteiger partial charge in [-0.3, -0.25) is 0 Å². The van der Waals surface area contributed by atoms with Crippen molar-refractivity contribution < 1.29 is 0 Å². The van der Waals surface area contributed by atoms with E-state index < -0.39 is 7.38 Å². The van der Waals surface area contributed by atoms with Crippen LogP contribution in [0.25, 0.3) is 17.2 Å². The third-order valence-electron chi connectivity index (χ3n) is 10.3.